The van der Waals surface area contributed by atoms with E-state index in [-0.39, 0.29) is 5.75 Å². The third kappa shape index (κ3) is 6.76. The van der Waals surface area contributed by atoms with Gasteiger partial charge < -0.3 is 14.3 Å². The molecule has 0 amide bonds. The summed E-state index contributed by atoms with van der Waals surface area (Å²) in [7, 11) is 0. The third-order valence-corrected chi connectivity index (χ3v) is 4.37. The molecule has 1 heterocycles. The average Bonchev–Trinajstić information content (AvgIpc) is 2.94. The molecule has 1 N–H and O–H groups in total. The Balaban J connectivity index is 1.72. The molecule has 0 saturated carbocycles. The Morgan fingerprint density at radius 1 is 1.28 bits per heavy atom. The third-order valence-electron chi connectivity index (χ3n) is 3.49. The number of thioether (sulfide) groups is 1. The van der Waals surface area contributed by atoms with Crippen LogP contribution in [0, 0.1) is 13.8 Å². The fourth-order valence-corrected chi connectivity index (χ4v) is 2.71. The van der Waals surface area contributed by atoms with Crippen LogP contribution in [0.15, 0.2) is 40.8 Å². The van der Waals surface area contributed by atoms with Crippen LogP contribution < -0.4 is 0 Å². The monoisotopic (exact) mass is 361 g/mol. The van der Waals surface area contributed by atoms with Gasteiger partial charge in [0.1, 0.15) is 5.76 Å². The molecule has 25 heavy (non-hydrogen) atoms. The van der Waals surface area contributed by atoms with E-state index < -0.39 is 5.97 Å². The van der Waals surface area contributed by atoms with Gasteiger partial charge in [-0.25, -0.2) is 4.98 Å². The van der Waals surface area contributed by atoms with Crippen LogP contribution in [-0.4, -0.2) is 40.8 Å². The molecule has 1 aromatic heterocycles. The van der Waals surface area contributed by atoms with Gasteiger partial charge in [-0.15, -0.1) is 11.8 Å². The number of hydrogen-bond acceptors (Lipinski definition) is 5. The van der Waals surface area contributed by atoms with Crippen molar-refractivity contribution in [1.82, 2.24) is 4.98 Å². The Labute approximate surface area is 152 Å². The summed E-state index contributed by atoms with van der Waals surface area (Å²) in [5.41, 5.74) is 3.09. The van der Waals surface area contributed by atoms with Gasteiger partial charge in [0.2, 0.25) is 5.89 Å². The van der Waals surface area contributed by atoms with Crippen LogP contribution >= 0.6 is 11.8 Å². The Morgan fingerprint density at radius 3 is 2.76 bits per heavy atom. The number of carboxylic acids is 1. The molecule has 0 bridgehead atoms. The summed E-state index contributed by atoms with van der Waals surface area (Å²) in [6.45, 7) is 5.04. The van der Waals surface area contributed by atoms with Crippen LogP contribution in [0.1, 0.15) is 17.0 Å². The molecule has 0 atom stereocenters. The average molecular weight is 361 g/mol. The molecule has 0 unspecified atom stereocenters. The normalized spacial score (nSPS) is 11.3. The fourth-order valence-electron chi connectivity index (χ4n) is 2.15. The van der Waals surface area contributed by atoms with Crippen molar-refractivity contribution >= 4 is 17.7 Å². The van der Waals surface area contributed by atoms with E-state index in [0.717, 1.165) is 17.0 Å². The Hall–Kier alpha value is -2.05. The van der Waals surface area contributed by atoms with Gasteiger partial charge in [0.25, 0.3) is 0 Å². The molecule has 6 heteroatoms. The number of hydrogen-bond donors (Lipinski definition) is 1. The van der Waals surface area contributed by atoms with Crippen molar-refractivity contribution in [3.63, 3.8) is 0 Å². The number of aromatic nitrogens is 1. The highest BCUT2D eigenvalue weighted by Gasteiger charge is 2.11. The summed E-state index contributed by atoms with van der Waals surface area (Å²) in [5, 5.41) is 8.52. The van der Waals surface area contributed by atoms with E-state index in [1.54, 1.807) is 0 Å². The summed E-state index contributed by atoms with van der Waals surface area (Å²) in [4.78, 5) is 14.9. The number of aryl methyl sites for hydroxylation is 2. The molecule has 0 spiro atoms. The fraction of sp³-hybridized carbons (Fsp3) is 0.368. The van der Waals surface area contributed by atoms with Crippen LogP contribution in [0.5, 0.6) is 0 Å². The van der Waals surface area contributed by atoms with Gasteiger partial charge in [0, 0.05) is 17.7 Å². The summed E-state index contributed by atoms with van der Waals surface area (Å²) in [6.07, 6.45) is 4.52. The second-order valence-corrected chi connectivity index (χ2v) is 6.62. The van der Waals surface area contributed by atoms with Gasteiger partial charge in [-0.3, -0.25) is 4.79 Å². The Kier molecular flexibility index (Phi) is 7.76. The SMILES string of the molecule is Cc1ccc(-c2nc(CCOCC=CCSCC(=O)O)c(C)o2)cc1. The number of nitrogens with zero attached hydrogens (tertiary/aromatic N) is 1. The van der Waals surface area contributed by atoms with Crippen molar-refractivity contribution in [2.24, 2.45) is 0 Å². The van der Waals surface area contributed by atoms with E-state index in [1.165, 1.54) is 17.3 Å². The van der Waals surface area contributed by atoms with Gasteiger partial charge >= 0.3 is 5.97 Å². The summed E-state index contributed by atoms with van der Waals surface area (Å²) in [5.74, 6) is 1.48. The summed E-state index contributed by atoms with van der Waals surface area (Å²) >= 11 is 1.36. The standard InChI is InChI=1S/C19H23NO4S/c1-14-5-7-16(8-6-14)19-20-17(15(2)24-19)9-11-23-10-3-4-12-25-13-18(21)22/h3-8H,9-13H2,1-2H3,(H,21,22). The largest absolute Gasteiger partial charge is 0.481 e. The van der Waals surface area contributed by atoms with Crippen LogP contribution in [0.4, 0.5) is 0 Å². The van der Waals surface area contributed by atoms with E-state index in [1.807, 2.05) is 50.3 Å². The molecule has 134 valence electrons. The number of ether oxygens (including phenoxy) is 1. The minimum absolute atomic E-state index is 0.125. The van der Waals surface area contributed by atoms with Crippen LogP contribution in [0.2, 0.25) is 0 Å². The van der Waals surface area contributed by atoms with E-state index >= 15 is 0 Å². The summed E-state index contributed by atoms with van der Waals surface area (Å²) in [6, 6.07) is 8.10. The van der Waals surface area contributed by atoms with Gasteiger partial charge in [0.15, 0.2) is 0 Å². The second kappa shape index (κ2) is 10.1. The molecule has 0 aliphatic rings. The van der Waals surface area contributed by atoms with E-state index in [2.05, 4.69) is 4.98 Å². The topological polar surface area (TPSA) is 72.6 Å². The van der Waals surface area contributed by atoms with Crippen molar-refractivity contribution in [2.45, 2.75) is 20.3 Å². The highest BCUT2D eigenvalue weighted by Crippen LogP contribution is 2.22. The van der Waals surface area contributed by atoms with Crippen molar-refractivity contribution in [3.8, 4) is 11.5 Å². The maximum Gasteiger partial charge on any atom is 0.313 e. The smallest absolute Gasteiger partial charge is 0.313 e. The molecular weight excluding hydrogens is 338 g/mol. The minimum Gasteiger partial charge on any atom is -0.481 e. The van der Waals surface area contributed by atoms with E-state index in [0.29, 0.717) is 31.3 Å². The zero-order valence-corrected chi connectivity index (χ0v) is 15.3. The van der Waals surface area contributed by atoms with Gasteiger partial charge in [-0.2, -0.15) is 0 Å². The number of carbonyl (C=O) groups is 1. The maximum absolute atomic E-state index is 10.4. The lowest BCUT2D eigenvalue weighted by Crippen LogP contribution is -2.00. The first-order chi connectivity index (χ1) is 12.1. The highest BCUT2D eigenvalue weighted by atomic mass is 32.2. The molecule has 5 nitrogen and oxygen atoms in total. The zero-order valence-electron chi connectivity index (χ0n) is 14.5. The lowest BCUT2D eigenvalue weighted by atomic mass is 10.1. The molecule has 1 aromatic carbocycles. The first-order valence-corrected chi connectivity index (χ1v) is 9.27. The molecule has 0 fully saturated rings. The first-order valence-electron chi connectivity index (χ1n) is 8.12. The lowest BCUT2D eigenvalue weighted by Gasteiger charge is -1.99. The molecule has 0 aliphatic carbocycles. The Bertz CT molecular complexity index is 707. The molecule has 0 aliphatic heterocycles. The first kappa shape index (κ1) is 19.3. The number of rotatable bonds is 10. The number of oxazole rings is 1. The van der Waals surface area contributed by atoms with Crippen molar-refractivity contribution in [1.29, 1.82) is 0 Å². The van der Waals surface area contributed by atoms with Crippen molar-refractivity contribution in [3.05, 3.63) is 53.4 Å². The molecular formula is C19H23NO4S. The number of aliphatic carboxylic acids is 1. The molecule has 0 saturated heterocycles. The molecule has 0 radical (unpaired) electrons. The van der Waals surface area contributed by atoms with E-state index in [9.17, 15) is 4.79 Å². The highest BCUT2D eigenvalue weighted by molar-refractivity contribution is 8.00. The van der Waals surface area contributed by atoms with E-state index in [4.69, 9.17) is 14.3 Å². The molecule has 2 rings (SSSR count). The second-order valence-electron chi connectivity index (χ2n) is 5.59. The van der Waals surface area contributed by atoms with Crippen LogP contribution in [0.3, 0.4) is 0 Å². The van der Waals surface area contributed by atoms with Crippen LogP contribution in [0.25, 0.3) is 11.5 Å². The lowest BCUT2D eigenvalue weighted by molar-refractivity contribution is -0.133. The number of carboxylic acid groups (broad SMARTS) is 1. The van der Waals surface area contributed by atoms with Gasteiger partial charge in [-0.1, -0.05) is 29.8 Å². The zero-order chi connectivity index (χ0) is 18.1. The molecule has 2 aromatic rings. The quantitative estimate of drug-likeness (QED) is 0.511. The van der Waals surface area contributed by atoms with Crippen LogP contribution in [-0.2, 0) is 16.0 Å². The van der Waals surface area contributed by atoms with Gasteiger partial charge in [-0.05, 0) is 26.0 Å². The Morgan fingerprint density at radius 2 is 2.04 bits per heavy atom. The van der Waals surface area contributed by atoms with Crippen molar-refractivity contribution < 1.29 is 19.1 Å². The maximum atomic E-state index is 10.4. The predicted molar refractivity (Wildman–Crippen MR) is 100 cm³/mol. The minimum atomic E-state index is -0.789. The van der Waals surface area contributed by atoms with Crippen molar-refractivity contribution in [2.75, 3.05) is 24.7 Å². The predicted octanol–water partition coefficient (Wildman–Crippen LogP) is 3.89. The number of benzene rings is 1. The van der Waals surface area contributed by atoms with Gasteiger partial charge in [0.05, 0.1) is 24.7 Å². The summed E-state index contributed by atoms with van der Waals surface area (Å²) < 4.78 is 11.3.